The van der Waals surface area contributed by atoms with Crippen molar-refractivity contribution in [3.63, 3.8) is 0 Å². The van der Waals surface area contributed by atoms with E-state index < -0.39 is 5.82 Å². The third-order valence-electron chi connectivity index (χ3n) is 4.99. The minimum absolute atomic E-state index is 0.287. The van der Waals surface area contributed by atoms with E-state index >= 15 is 0 Å². The molecule has 0 aliphatic heterocycles. The number of anilines is 1. The standard InChI is InChI=1S/C22H16FN5O2/c1-27-12-24-17-8-5-15(11-19(17)27)25-22(30)18-10-13-2-9-20(29)28(21(13)26-18)16-6-3-14(23)4-7-16/h2-12,26H,1H3,(H,25,30). The van der Waals surface area contributed by atoms with Crippen LogP contribution in [0.4, 0.5) is 10.1 Å². The average Bonchev–Trinajstić information content (AvgIpc) is 3.33. The van der Waals surface area contributed by atoms with Crippen molar-refractivity contribution in [2.75, 3.05) is 5.32 Å². The van der Waals surface area contributed by atoms with Crippen molar-refractivity contribution in [3.8, 4) is 5.69 Å². The van der Waals surface area contributed by atoms with Crippen LogP contribution in [-0.2, 0) is 7.05 Å². The van der Waals surface area contributed by atoms with Crippen molar-refractivity contribution < 1.29 is 9.18 Å². The van der Waals surface area contributed by atoms with Gasteiger partial charge in [0.1, 0.15) is 17.2 Å². The van der Waals surface area contributed by atoms with E-state index in [0.29, 0.717) is 28.1 Å². The molecular weight excluding hydrogens is 385 g/mol. The van der Waals surface area contributed by atoms with Crippen LogP contribution in [0.5, 0.6) is 0 Å². The molecule has 5 aromatic rings. The number of carbonyl (C=O) groups excluding carboxylic acids is 1. The predicted molar refractivity (Wildman–Crippen MR) is 113 cm³/mol. The van der Waals surface area contributed by atoms with Gasteiger partial charge in [-0.2, -0.15) is 0 Å². The zero-order valence-electron chi connectivity index (χ0n) is 15.9. The number of rotatable bonds is 3. The number of nitrogens with one attached hydrogen (secondary N) is 2. The number of hydrogen-bond acceptors (Lipinski definition) is 3. The topological polar surface area (TPSA) is 84.7 Å². The lowest BCUT2D eigenvalue weighted by atomic mass is 10.2. The molecule has 148 valence electrons. The smallest absolute Gasteiger partial charge is 0.272 e. The summed E-state index contributed by atoms with van der Waals surface area (Å²) in [5.74, 6) is -0.734. The van der Waals surface area contributed by atoms with Crippen LogP contribution in [0, 0.1) is 5.82 Å². The number of H-pyrrole nitrogens is 1. The van der Waals surface area contributed by atoms with Gasteiger partial charge >= 0.3 is 0 Å². The Morgan fingerprint density at radius 3 is 2.67 bits per heavy atom. The molecule has 30 heavy (non-hydrogen) atoms. The highest BCUT2D eigenvalue weighted by Gasteiger charge is 2.14. The number of amides is 1. The highest BCUT2D eigenvalue weighted by atomic mass is 19.1. The van der Waals surface area contributed by atoms with E-state index in [-0.39, 0.29) is 11.5 Å². The first-order valence-corrected chi connectivity index (χ1v) is 9.23. The summed E-state index contributed by atoms with van der Waals surface area (Å²) in [4.78, 5) is 32.6. The molecule has 0 aliphatic carbocycles. The van der Waals surface area contributed by atoms with Gasteiger partial charge in [-0.15, -0.1) is 0 Å². The van der Waals surface area contributed by atoms with Crippen molar-refractivity contribution in [2.45, 2.75) is 0 Å². The maximum absolute atomic E-state index is 13.3. The Hall–Kier alpha value is -4.20. The van der Waals surface area contributed by atoms with Crippen molar-refractivity contribution in [3.05, 3.63) is 88.9 Å². The number of aryl methyl sites for hydroxylation is 1. The van der Waals surface area contributed by atoms with Crippen LogP contribution in [0.1, 0.15) is 10.5 Å². The molecule has 0 saturated carbocycles. The molecule has 0 saturated heterocycles. The SMILES string of the molecule is Cn1cnc2ccc(NC(=O)c3cc4ccc(=O)n(-c5ccc(F)cc5)c4[nH]3)cc21. The maximum Gasteiger partial charge on any atom is 0.272 e. The van der Waals surface area contributed by atoms with Crippen LogP contribution in [0.3, 0.4) is 0 Å². The summed E-state index contributed by atoms with van der Waals surface area (Å²) in [6, 6.07) is 15.8. The minimum Gasteiger partial charge on any atom is -0.336 e. The third-order valence-corrected chi connectivity index (χ3v) is 4.99. The summed E-state index contributed by atoms with van der Waals surface area (Å²) in [5, 5.41) is 3.55. The van der Waals surface area contributed by atoms with Gasteiger partial charge in [0, 0.05) is 24.2 Å². The van der Waals surface area contributed by atoms with Crippen LogP contribution < -0.4 is 10.9 Å². The van der Waals surface area contributed by atoms with Gasteiger partial charge in [0.2, 0.25) is 0 Å². The highest BCUT2D eigenvalue weighted by Crippen LogP contribution is 2.21. The molecule has 0 aliphatic rings. The number of aromatic amines is 1. The van der Waals surface area contributed by atoms with Gasteiger partial charge in [0.25, 0.3) is 11.5 Å². The van der Waals surface area contributed by atoms with Crippen LogP contribution in [0.15, 0.2) is 71.8 Å². The molecule has 2 N–H and O–H groups in total. The summed E-state index contributed by atoms with van der Waals surface area (Å²) < 4.78 is 16.6. The van der Waals surface area contributed by atoms with Gasteiger partial charge in [-0.25, -0.2) is 9.37 Å². The monoisotopic (exact) mass is 401 g/mol. The molecule has 0 spiro atoms. The summed E-state index contributed by atoms with van der Waals surface area (Å²) in [7, 11) is 1.88. The molecule has 1 amide bonds. The van der Waals surface area contributed by atoms with E-state index in [1.807, 2.05) is 23.7 Å². The molecule has 3 aromatic heterocycles. The van der Waals surface area contributed by atoms with E-state index in [4.69, 9.17) is 0 Å². The maximum atomic E-state index is 13.3. The van der Waals surface area contributed by atoms with Crippen LogP contribution in [0.2, 0.25) is 0 Å². The largest absolute Gasteiger partial charge is 0.336 e. The summed E-state index contributed by atoms with van der Waals surface area (Å²) in [6.07, 6.45) is 1.71. The fraction of sp³-hybridized carbons (Fsp3) is 0.0455. The van der Waals surface area contributed by atoms with E-state index in [1.54, 1.807) is 24.5 Å². The molecule has 2 aromatic carbocycles. The molecule has 3 heterocycles. The molecule has 0 bridgehead atoms. The predicted octanol–water partition coefficient (Wildman–Crippen LogP) is 3.60. The minimum atomic E-state index is -0.393. The first-order chi connectivity index (χ1) is 14.5. The second-order valence-electron chi connectivity index (χ2n) is 6.98. The lowest BCUT2D eigenvalue weighted by Gasteiger charge is -2.07. The number of carbonyl (C=O) groups is 1. The van der Waals surface area contributed by atoms with E-state index in [1.165, 1.54) is 34.9 Å². The van der Waals surface area contributed by atoms with Crippen molar-refractivity contribution in [1.82, 2.24) is 19.1 Å². The molecule has 8 heteroatoms. The quantitative estimate of drug-likeness (QED) is 0.485. The van der Waals surface area contributed by atoms with E-state index in [2.05, 4.69) is 15.3 Å². The average molecular weight is 401 g/mol. The van der Waals surface area contributed by atoms with Gasteiger partial charge in [-0.1, -0.05) is 0 Å². The zero-order valence-corrected chi connectivity index (χ0v) is 15.9. The van der Waals surface area contributed by atoms with Gasteiger partial charge in [-0.05, 0) is 54.6 Å². The van der Waals surface area contributed by atoms with Gasteiger partial charge in [0.15, 0.2) is 0 Å². The number of benzene rings is 2. The number of pyridine rings is 1. The molecule has 0 unspecified atom stereocenters. The van der Waals surface area contributed by atoms with Crippen LogP contribution in [-0.4, -0.2) is 25.0 Å². The van der Waals surface area contributed by atoms with E-state index in [9.17, 15) is 14.0 Å². The van der Waals surface area contributed by atoms with Gasteiger partial charge in [-0.3, -0.25) is 14.2 Å². The number of fused-ring (bicyclic) bond motifs is 2. The van der Waals surface area contributed by atoms with Crippen molar-refractivity contribution in [2.24, 2.45) is 7.05 Å². The van der Waals surface area contributed by atoms with Crippen molar-refractivity contribution in [1.29, 1.82) is 0 Å². The summed E-state index contributed by atoms with van der Waals surface area (Å²) >= 11 is 0. The Morgan fingerprint density at radius 1 is 1.07 bits per heavy atom. The number of aromatic nitrogens is 4. The van der Waals surface area contributed by atoms with Crippen molar-refractivity contribution >= 4 is 33.7 Å². The Morgan fingerprint density at radius 2 is 1.87 bits per heavy atom. The lowest BCUT2D eigenvalue weighted by molar-refractivity contribution is 0.102. The van der Waals surface area contributed by atoms with Gasteiger partial charge < -0.3 is 14.9 Å². The Labute approximate surface area is 169 Å². The number of halogens is 1. The molecule has 0 atom stereocenters. The Bertz CT molecular complexity index is 1480. The lowest BCUT2D eigenvalue weighted by Crippen LogP contribution is -2.17. The Balaban J connectivity index is 1.53. The van der Waals surface area contributed by atoms with E-state index in [0.717, 1.165) is 11.0 Å². The molecule has 0 radical (unpaired) electrons. The fourth-order valence-corrected chi connectivity index (χ4v) is 3.49. The highest BCUT2D eigenvalue weighted by molar-refractivity contribution is 6.06. The molecule has 0 fully saturated rings. The second-order valence-corrected chi connectivity index (χ2v) is 6.98. The summed E-state index contributed by atoms with van der Waals surface area (Å²) in [6.45, 7) is 0. The summed E-state index contributed by atoms with van der Waals surface area (Å²) in [5.41, 5.74) is 3.34. The second kappa shape index (κ2) is 6.70. The number of hydrogen-bond donors (Lipinski definition) is 2. The normalized spacial score (nSPS) is 11.3. The van der Waals surface area contributed by atoms with Crippen LogP contribution in [0.25, 0.3) is 27.8 Å². The third kappa shape index (κ3) is 2.95. The molecule has 7 nitrogen and oxygen atoms in total. The zero-order chi connectivity index (χ0) is 20.8. The van der Waals surface area contributed by atoms with Gasteiger partial charge in [0.05, 0.1) is 23.0 Å². The fourth-order valence-electron chi connectivity index (χ4n) is 3.49. The first kappa shape index (κ1) is 17.9. The number of imidazole rings is 1. The Kier molecular flexibility index (Phi) is 3.99. The molecular formula is C22H16FN5O2. The van der Waals surface area contributed by atoms with Crippen LogP contribution >= 0.6 is 0 Å². The number of nitrogens with zero attached hydrogens (tertiary/aromatic N) is 3. The first-order valence-electron chi connectivity index (χ1n) is 9.23. The molecule has 5 rings (SSSR count).